The zero-order valence-electron chi connectivity index (χ0n) is 68.4. The Morgan fingerprint density at radius 2 is 0.678 bits per heavy atom. The van der Waals surface area contributed by atoms with Gasteiger partial charge in [-0.1, -0.05) is 73.2 Å². The number of nitrogens with one attached hydrogen (secondary N) is 4. The van der Waals surface area contributed by atoms with Gasteiger partial charge in [-0.3, -0.25) is 44.4 Å². The monoisotopic (exact) mass is 1750 g/mol. The summed E-state index contributed by atoms with van der Waals surface area (Å²) in [4.78, 5) is 83.0. The molecule has 16 N–H and O–H groups in total. The third-order valence-electron chi connectivity index (χ3n) is 16.7. The van der Waals surface area contributed by atoms with Gasteiger partial charge in [0.05, 0.1) is 31.4 Å². The van der Waals surface area contributed by atoms with E-state index in [1.54, 1.807) is 146 Å². The second-order valence-electron chi connectivity index (χ2n) is 31.9. The van der Waals surface area contributed by atoms with Crippen molar-refractivity contribution in [1.29, 1.82) is 0 Å². The minimum absolute atomic E-state index is 0. The number of amides is 3. The van der Waals surface area contributed by atoms with Crippen LogP contribution in [-0.4, -0.2) is 385 Å². The molecule has 0 bridgehead atoms. The third kappa shape index (κ3) is 30.2. The number of hydrogen-bond donors (Lipinski definition) is 16. The predicted molar refractivity (Wildman–Crippen MR) is 435 cm³/mol. The number of aliphatic hydroxyl groups excluding tert-OH is 12. The van der Waals surface area contributed by atoms with Crippen LogP contribution in [0.25, 0.3) is 0 Å². The van der Waals surface area contributed by atoms with E-state index in [2.05, 4.69) is 51.0 Å². The number of carbonyl (C=O) groups excluding carboxylic acids is 5. The molecule has 10 heterocycles. The van der Waals surface area contributed by atoms with E-state index in [1.165, 1.54) is 68.8 Å². The summed E-state index contributed by atoms with van der Waals surface area (Å²) in [5.74, 6) is 0. The number of nitrogens with zero attached hydrogens (tertiary/aromatic N) is 8. The molecule has 46 heteroatoms. The SMILES string of the molecule is C.CC(C)(C)OC(=O)OC(=O)OC(C)(C)C.CC[C@H]1O[C@@H]2SC(N(C)C(=O)OC(C)(C)C)=N[C@@H]2[C@@H](O)[C@@H]1O.CN(C(=O)OC(C)(C)C)C1=N[C@@H]2[C@@H](O)[C@H](O)[C@@H](CO)O[C@@H]2S1.CN=C1N[C@@H]2[C@@H](O)[C@H](O)[C@@H](CNC)O[C@@H]2S1.CN=C1N[C@@H]2[C@@H](O)[C@H](O)[C@@H](CO)O[C@@H]2S1.CNC[C@H]1O[C@@H]2SC(N(C)C(=O)OC(C)(C)C)=N[C@@H]2[C@@H](O)[C@@H]1O.F.[HH]. The second kappa shape index (κ2) is 44.8. The molecule has 0 aromatic heterocycles. The van der Waals surface area contributed by atoms with Gasteiger partial charge in [0.1, 0.15) is 159 Å². The van der Waals surface area contributed by atoms with Crippen molar-refractivity contribution in [3.63, 3.8) is 0 Å². The van der Waals surface area contributed by atoms with E-state index in [4.69, 9.17) is 57.6 Å². The van der Waals surface area contributed by atoms with E-state index in [0.29, 0.717) is 40.2 Å². The lowest BCUT2D eigenvalue weighted by atomic mass is 9.97. The van der Waals surface area contributed by atoms with E-state index >= 15 is 0 Å². The molecule has 3 amide bonds. The van der Waals surface area contributed by atoms with Crippen molar-refractivity contribution in [2.45, 2.75) is 302 Å². The third-order valence-corrected chi connectivity index (χ3v) is 22.6. The van der Waals surface area contributed by atoms with Crippen LogP contribution in [0.3, 0.4) is 0 Å². The van der Waals surface area contributed by atoms with Gasteiger partial charge in [-0.25, -0.2) is 24.0 Å². The lowest BCUT2D eigenvalue weighted by Crippen LogP contribution is -2.60. The number of halogens is 1. The van der Waals surface area contributed by atoms with Crippen LogP contribution in [0.1, 0.15) is 126 Å². The minimum atomic E-state index is -1.22. The fourth-order valence-corrected chi connectivity index (χ4v) is 16.9. The van der Waals surface area contributed by atoms with Crippen LogP contribution < -0.4 is 21.3 Å². The number of aliphatic hydroxyl groups is 12. The molecule has 0 radical (unpaired) electrons. The van der Waals surface area contributed by atoms with Crippen LogP contribution >= 0.6 is 58.8 Å². The van der Waals surface area contributed by atoms with Gasteiger partial charge in [-0.15, -0.1) is 0 Å². The Morgan fingerprint density at radius 1 is 0.426 bits per heavy atom. The maximum absolute atomic E-state index is 12.1. The quantitative estimate of drug-likeness (QED) is 0.0970. The van der Waals surface area contributed by atoms with Crippen LogP contribution in [0.15, 0.2) is 25.0 Å². The maximum Gasteiger partial charge on any atom is 0.519 e. The van der Waals surface area contributed by atoms with Crippen LogP contribution in [-0.2, 0) is 52.1 Å². The molecule has 7 saturated heterocycles. The van der Waals surface area contributed by atoms with Gasteiger partial charge < -0.3 is 135 Å². The number of carbonyl (C=O) groups is 5. The molecule has 0 aliphatic carbocycles. The Morgan fingerprint density at radius 3 is 0.957 bits per heavy atom. The lowest BCUT2D eigenvalue weighted by molar-refractivity contribution is -0.167. The Labute approximate surface area is 693 Å². The van der Waals surface area contributed by atoms with Gasteiger partial charge in [-0.2, -0.15) is 0 Å². The standard InChI is InChI=1S/C14H25N3O5S.C14H24N2O5S.C13H22N2O6S.C10H18O5.C9H17N3O3S.C8H14N2O4S.CH4.FH.H2/c1-14(2,3)22-13(20)17(5)12-16-8-10(19)9(18)7(6-15-4)21-11(8)23-12;1-6-7-9(17)10(18)8-11(20-7)22-12(15-8)16(5)13(19)21-14(2,3)4;1-13(2,3)21-12(19)15(4)11-14-7-9(18)8(17)6(5-16)20-10(7)22-11;1-9(2,3)14-7(11)13-8(12)15-10(4,5)6;1-10-3-4-6(13)7(14)5-8(15-4)16-9(11-2)12-5;1-9-8-10-4-6(13)5(12)3(2-11)14-7(4)15-8;;;/h7-11,15,18-19H,6H2,1-5H3;7-11,17-18H,6H2,1-5H3;6-10,16-18H,5H2,1-4H3;1-6H3;4-8,10,13-14H,3H2,1-2H3,(H,11,12);3-7,11-13H,2H2,1H3,(H,9,10);1H4;2*1H/t2*7-,8-,9-,10-,11-;6-,7-,8-,9-,10-;;4-,5-,6-,7-,8-;3-,4-,5-,6-,7-;;;/m111.11.../s1. The molecule has 0 aromatic carbocycles. The number of thioether (sulfide) groups is 5. The zero-order chi connectivity index (χ0) is 85.7. The Hall–Kier alpha value is -4.58. The predicted octanol–water partition coefficient (Wildman–Crippen LogP) is 1.30. The molecule has 115 heavy (non-hydrogen) atoms. The molecule has 0 aromatic rings. The highest BCUT2D eigenvalue weighted by Gasteiger charge is 2.54. The first-order chi connectivity index (χ1) is 52.2. The van der Waals surface area contributed by atoms with E-state index in [1.807, 2.05) is 6.92 Å². The highest BCUT2D eigenvalue weighted by Crippen LogP contribution is 2.42. The molecule has 10 aliphatic rings. The summed E-state index contributed by atoms with van der Waals surface area (Å²) < 4.78 is 57.9. The van der Waals surface area contributed by atoms with Crippen molar-refractivity contribution >= 4 is 115 Å². The number of aliphatic imine (C=N–C) groups is 5. The Bertz CT molecular complexity index is 3200. The fraction of sp³-hybridized carbons (Fsp3) is 0.855. The van der Waals surface area contributed by atoms with Crippen molar-refractivity contribution in [1.82, 2.24) is 36.0 Å². The van der Waals surface area contributed by atoms with Gasteiger partial charge in [0.25, 0.3) is 0 Å². The summed E-state index contributed by atoms with van der Waals surface area (Å²) >= 11 is 6.46. The topological polar surface area (TPSA) is 549 Å². The molecule has 7 fully saturated rings. The van der Waals surface area contributed by atoms with Crippen molar-refractivity contribution in [3.05, 3.63) is 0 Å². The summed E-state index contributed by atoms with van der Waals surface area (Å²) in [6, 6.07) is -2.54. The molecular formula is C69H127FN12O28S5. The first kappa shape index (κ1) is 105. The minimum Gasteiger partial charge on any atom is -0.443 e. The first-order valence-electron chi connectivity index (χ1n) is 36.4. The molecule has 10 aliphatic heterocycles. The van der Waals surface area contributed by atoms with E-state index in [9.17, 15) is 75.0 Å². The van der Waals surface area contributed by atoms with Gasteiger partial charge in [0.2, 0.25) is 0 Å². The smallest absolute Gasteiger partial charge is 0.443 e. The summed E-state index contributed by atoms with van der Waals surface area (Å²) in [6.07, 6.45) is -16.2. The Kier molecular flexibility index (Phi) is 40.8. The highest BCUT2D eigenvalue weighted by atomic mass is 32.2. The van der Waals surface area contributed by atoms with Gasteiger partial charge in [0.15, 0.2) is 25.8 Å². The van der Waals surface area contributed by atoms with Crippen molar-refractivity contribution in [3.8, 4) is 0 Å². The average Bonchev–Trinajstić information content (AvgIpc) is 1.66. The van der Waals surface area contributed by atoms with Crippen molar-refractivity contribution in [2.75, 3.05) is 75.6 Å². The van der Waals surface area contributed by atoms with Gasteiger partial charge >= 0.3 is 30.6 Å². The van der Waals surface area contributed by atoms with Crippen molar-refractivity contribution < 1.29 is 143 Å². The molecule has 0 spiro atoms. The lowest BCUT2D eigenvalue weighted by Gasteiger charge is -2.38. The summed E-state index contributed by atoms with van der Waals surface area (Å²) in [6.45, 7) is 28.1. The fourth-order valence-electron chi connectivity index (χ4n) is 11.1. The van der Waals surface area contributed by atoms with Crippen molar-refractivity contribution in [2.24, 2.45) is 25.0 Å². The molecule has 0 unspecified atom stereocenters. The highest BCUT2D eigenvalue weighted by molar-refractivity contribution is 8.15. The number of likely N-dealkylation sites (N-methyl/N-ethyl adjacent to an activating group) is 2. The zero-order valence-corrected chi connectivity index (χ0v) is 72.5. The first-order valence-corrected chi connectivity index (χ1v) is 40.8. The molecule has 40 nitrogen and oxygen atoms in total. The number of ether oxygens (including phenoxy) is 11. The summed E-state index contributed by atoms with van der Waals surface area (Å²) in [5.41, 5.74) is -5.11. The number of hydrogen-bond acceptors (Lipinski definition) is 40. The molecule has 668 valence electrons. The van der Waals surface area contributed by atoms with Gasteiger partial charge in [-0.05, 0) is 124 Å². The molecular weight excluding hydrogens is 1620 g/mol. The van der Waals surface area contributed by atoms with Crippen LogP contribution in [0.2, 0.25) is 0 Å². The number of fused-ring (bicyclic) bond motifs is 5. The van der Waals surface area contributed by atoms with Gasteiger partial charge in [0, 0.05) is 49.8 Å². The van der Waals surface area contributed by atoms with Crippen LogP contribution in [0.4, 0.5) is 28.7 Å². The van der Waals surface area contributed by atoms with E-state index in [-0.39, 0.29) is 49.2 Å². The van der Waals surface area contributed by atoms with E-state index in [0.717, 1.165) is 16.9 Å². The molecule has 10 rings (SSSR count). The number of rotatable bonds is 7. The second-order valence-corrected chi connectivity index (χ2v) is 37.2. The van der Waals surface area contributed by atoms with Crippen LogP contribution in [0, 0.1) is 0 Å². The normalized spacial score (nSPS) is 34.2. The molecule has 0 saturated carbocycles. The average molecular weight is 1750 g/mol. The maximum atomic E-state index is 12.1. The summed E-state index contributed by atoms with van der Waals surface area (Å²) in [5, 5.41) is 132. The Balaban J connectivity index is 0.000000474. The van der Waals surface area contributed by atoms with E-state index < -0.39 is 185 Å². The largest absolute Gasteiger partial charge is 0.519 e. The number of amidine groups is 5. The summed E-state index contributed by atoms with van der Waals surface area (Å²) in [7, 11) is 11.5. The van der Waals surface area contributed by atoms with Crippen LogP contribution in [0.5, 0.6) is 0 Å². The molecule has 25 atom stereocenters.